The average Bonchev–Trinajstić information content (AvgIpc) is 2.60. The van der Waals surface area contributed by atoms with Crippen molar-refractivity contribution in [3.8, 4) is 0 Å². The lowest BCUT2D eigenvalue weighted by Gasteiger charge is -2.17. The predicted molar refractivity (Wildman–Crippen MR) is 84.6 cm³/mol. The normalized spacial score (nSPS) is 12.7. The predicted octanol–water partition coefficient (Wildman–Crippen LogP) is 3.85. The summed E-state index contributed by atoms with van der Waals surface area (Å²) in [5, 5.41) is 9.14. The highest BCUT2D eigenvalue weighted by Gasteiger charge is 2.18. The second-order valence-electron chi connectivity index (χ2n) is 5.09. The van der Waals surface area contributed by atoms with Gasteiger partial charge in [0.05, 0.1) is 5.69 Å². The van der Waals surface area contributed by atoms with Crippen molar-refractivity contribution in [3.63, 3.8) is 0 Å². The summed E-state index contributed by atoms with van der Waals surface area (Å²) in [6.07, 6.45) is 0.786. The van der Waals surface area contributed by atoms with E-state index in [0.717, 1.165) is 33.8 Å². The van der Waals surface area contributed by atoms with Crippen molar-refractivity contribution < 1.29 is 0 Å². The van der Waals surface area contributed by atoms with Crippen LogP contribution in [-0.4, -0.2) is 16.8 Å². The van der Waals surface area contributed by atoms with E-state index in [1.807, 2.05) is 40.1 Å². The first-order valence-corrected chi connectivity index (χ1v) is 7.30. The van der Waals surface area contributed by atoms with Crippen LogP contribution in [0.1, 0.15) is 28.4 Å². The minimum atomic E-state index is 0.160. The Hall–Kier alpha value is -1.03. The van der Waals surface area contributed by atoms with Gasteiger partial charge in [-0.15, -0.1) is 0 Å². The SMILES string of the molecule is CNC(Cc1c(C)nn(C)c1Cl)c1cc(C)cc(Cl)c1. The number of aryl methyl sites for hydroxylation is 3. The third-order valence-electron chi connectivity index (χ3n) is 3.49. The molecule has 1 atom stereocenters. The Morgan fingerprint density at radius 2 is 1.95 bits per heavy atom. The molecule has 0 aliphatic heterocycles. The monoisotopic (exact) mass is 311 g/mol. The summed E-state index contributed by atoms with van der Waals surface area (Å²) in [6.45, 7) is 4.03. The Balaban J connectivity index is 2.33. The Kier molecular flexibility index (Phi) is 4.74. The molecule has 0 aliphatic rings. The highest BCUT2D eigenvalue weighted by atomic mass is 35.5. The fourth-order valence-corrected chi connectivity index (χ4v) is 3.01. The van der Waals surface area contributed by atoms with Gasteiger partial charge in [-0.05, 0) is 50.6 Å². The first kappa shape index (κ1) is 15.4. The lowest BCUT2D eigenvalue weighted by molar-refractivity contribution is 0.590. The van der Waals surface area contributed by atoms with Crippen molar-refractivity contribution >= 4 is 23.2 Å². The Bertz CT molecular complexity index is 600. The molecule has 20 heavy (non-hydrogen) atoms. The molecule has 0 radical (unpaired) electrons. The van der Waals surface area contributed by atoms with E-state index in [-0.39, 0.29) is 6.04 Å². The van der Waals surface area contributed by atoms with Gasteiger partial charge in [-0.3, -0.25) is 4.68 Å². The van der Waals surface area contributed by atoms with E-state index < -0.39 is 0 Å². The molecule has 1 heterocycles. The van der Waals surface area contributed by atoms with E-state index in [4.69, 9.17) is 23.2 Å². The molecule has 1 unspecified atom stereocenters. The highest BCUT2D eigenvalue weighted by Crippen LogP contribution is 2.27. The van der Waals surface area contributed by atoms with Gasteiger partial charge >= 0.3 is 0 Å². The maximum Gasteiger partial charge on any atom is 0.130 e. The summed E-state index contributed by atoms with van der Waals surface area (Å²) in [5.41, 5.74) is 4.36. The van der Waals surface area contributed by atoms with Crippen LogP contribution in [0.25, 0.3) is 0 Å². The molecule has 0 spiro atoms. The van der Waals surface area contributed by atoms with Crippen molar-refractivity contribution in [1.29, 1.82) is 0 Å². The molecule has 108 valence electrons. The fourth-order valence-electron chi connectivity index (χ4n) is 2.46. The van der Waals surface area contributed by atoms with Crippen LogP contribution in [0.5, 0.6) is 0 Å². The number of likely N-dealkylation sites (N-methyl/N-ethyl adjacent to an activating group) is 1. The van der Waals surface area contributed by atoms with Crippen molar-refractivity contribution in [2.24, 2.45) is 7.05 Å². The van der Waals surface area contributed by atoms with Crippen LogP contribution in [0.15, 0.2) is 18.2 Å². The van der Waals surface area contributed by atoms with Crippen molar-refractivity contribution in [2.45, 2.75) is 26.3 Å². The summed E-state index contributed by atoms with van der Waals surface area (Å²) < 4.78 is 1.71. The standard InChI is InChI=1S/C15H19Cl2N3/c1-9-5-11(7-12(16)6-9)14(18-3)8-13-10(2)19-20(4)15(13)17/h5-7,14,18H,8H2,1-4H3. The molecule has 0 saturated carbocycles. The highest BCUT2D eigenvalue weighted by molar-refractivity contribution is 6.31. The lowest BCUT2D eigenvalue weighted by atomic mass is 9.98. The van der Waals surface area contributed by atoms with Crippen LogP contribution in [0, 0.1) is 13.8 Å². The zero-order valence-electron chi connectivity index (χ0n) is 12.2. The number of hydrogen-bond acceptors (Lipinski definition) is 2. The molecule has 2 aromatic rings. The van der Waals surface area contributed by atoms with E-state index in [1.54, 1.807) is 4.68 Å². The Morgan fingerprint density at radius 3 is 2.45 bits per heavy atom. The molecular weight excluding hydrogens is 293 g/mol. The molecule has 0 fully saturated rings. The van der Waals surface area contributed by atoms with Gasteiger partial charge in [-0.25, -0.2) is 0 Å². The van der Waals surface area contributed by atoms with Crippen molar-refractivity contribution in [3.05, 3.63) is 50.8 Å². The molecule has 1 aromatic heterocycles. The van der Waals surface area contributed by atoms with Crippen LogP contribution in [-0.2, 0) is 13.5 Å². The van der Waals surface area contributed by atoms with Gasteiger partial charge in [0.2, 0.25) is 0 Å². The van der Waals surface area contributed by atoms with E-state index >= 15 is 0 Å². The molecule has 3 nitrogen and oxygen atoms in total. The van der Waals surface area contributed by atoms with Crippen LogP contribution in [0.2, 0.25) is 10.2 Å². The molecule has 1 aromatic carbocycles. The van der Waals surface area contributed by atoms with Gasteiger partial charge in [-0.2, -0.15) is 5.10 Å². The fraction of sp³-hybridized carbons (Fsp3) is 0.400. The topological polar surface area (TPSA) is 29.9 Å². The lowest BCUT2D eigenvalue weighted by Crippen LogP contribution is -2.19. The number of nitrogens with one attached hydrogen (secondary N) is 1. The molecule has 2 rings (SSSR count). The van der Waals surface area contributed by atoms with E-state index in [2.05, 4.69) is 16.5 Å². The number of nitrogens with zero attached hydrogens (tertiary/aromatic N) is 2. The van der Waals surface area contributed by atoms with Gasteiger partial charge in [0, 0.05) is 23.7 Å². The number of benzene rings is 1. The molecular formula is C15H19Cl2N3. The number of aromatic nitrogens is 2. The minimum Gasteiger partial charge on any atom is -0.313 e. The first-order chi connectivity index (χ1) is 9.42. The quantitative estimate of drug-likeness (QED) is 0.929. The van der Waals surface area contributed by atoms with Gasteiger partial charge in [0.25, 0.3) is 0 Å². The van der Waals surface area contributed by atoms with Gasteiger partial charge in [-0.1, -0.05) is 29.3 Å². The van der Waals surface area contributed by atoms with Gasteiger partial charge in [0.15, 0.2) is 0 Å². The summed E-state index contributed by atoms with van der Waals surface area (Å²) >= 11 is 12.5. The van der Waals surface area contributed by atoms with Crippen molar-refractivity contribution in [1.82, 2.24) is 15.1 Å². The molecule has 0 amide bonds. The van der Waals surface area contributed by atoms with Crippen LogP contribution >= 0.6 is 23.2 Å². The minimum absolute atomic E-state index is 0.160. The third kappa shape index (κ3) is 3.17. The maximum atomic E-state index is 6.31. The number of halogens is 2. The Morgan fingerprint density at radius 1 is 1.25 bits per heavy atom. The third-order valence-corrected chi connectivity index (χ3v) is 4.18. The largest absolute Gasteiger partial charge is 0.313 e. The zero-order chi connectivity index (χ0) is 14.9. The summed E-state index contributed by atoms with van der Waals surface area (Å²) in [6, 6.07) is 6.26. The summed E-state index contributed by atoms with van der Waals surface area (Å²) in [5.74, 6) is 0. The molecule has 0 saturated heterocycles. The molecule has 0 bridgehead atoms. The maximum absolute atomic E-state index is 6.31. The number of rotatable bonds is 4. The summed E-state index contributed by atoms with van der Waals surface area (Å²) in [4.78, 5) is 0. The smallest absolute Gasteiger partial charge is 0.130 e. The van der Waals surface area contributed by atoms with Crippen LogP contribution < -0.4 is 5.32 Å². The molecule has 5 heteroatoms. The summed E-state index contributed by atoms with van der Waals surface area (Å²) in [7, 11) is 3.80. The second-order valence-corrected chi connectivity index (χ2v) is 5.88. The van der Waals surface area contributed by atoms with Crippen molar-refractivity contribution in [2.75, 3.05) is 7.05 Å². The Labute approximate surface area is 129 Å². The van der Waals surface area contributed by atoms with Gasteiger partial charge < -0.3 is 5.32 Å². The van der Waals surface area contributed by atoms with E-state index in [1.165, 1.54) is 0 Å². The zero-order valence-corrected chi connectivity index (χ0v) is 13.7. The van der Waals surface area contributed by atoms with Crippen LogP contribution in [0.4, 0.5) is 0 Å². The number of hydrogen-bond donors (Lipinski definition) is 1. The molecule has 1 N–H and O–H groups in total. The second kappa shape index (κ2) is 6.17. The average molecular weight is 312 g/mol. The van der Waals surface area contributed by atoms with Crippen LogP contribution in [0.3, 0.4) is 0 Å². The first-order valence-electron chi connectivity index (χ1n) is 6.54. The van der Waals surface area contributed by atoms with E-state index in [9.17, 15) is 0 Å². The molecule has 0 aliphatic carbocycles. The van der Waals surface area contributed by atoms with E-state index in [0.29, 0.717) is 5.15 Å². The van der Waals surface area contributed by atoms with Gasteiger partial charge in [0.1, 0.15) is 5.15 Å².